The smallest absolute Gasteiger partial charge is 0.0540 e. The summed E-state index contributed by atoms with van der Waals surface area (Å²) in [4.78, 5) is 2.52. The van der Waals surface area contributed by atoms with Crippen LogP contribution < -0.4 is 4.90 Å². The van der Waals surface area contributed by atoms with E-state index in [0.717, 1.165) is 5.69 Å². The van der Waals surface area contributed by atoms with Crippen LogP contribution in [0.15, 0.2) is 146 Å². The molecule has 0 atom stereocenters. The van der Waals surface area contributed by atoms with Gasteiger partial charge in [0.2, 0.25) is 0 Å². The van der Waals surface area contributed by atoms with Crippen molar-refractivity contribution in [3.63, 3.8) is 0 Å². The zero-order chi connectivity index (χ0) is 36.7. The van der Waals surface area contributed by atoms with E-state index in [1.807, 2.05) is 0 Å². The molecule has 8 rings (SSSR count). The predicted molar refractivity (Wildman–Crippen MR) is 230 cm³/mol. The Labute approximate surface area is 317 Å². The van der Waals surface area contributed by atoms with E-state index in [1.165, 1.54) is 104 Å². The predicted octanol–water partition coefficient (Wildman–Crippen LogP) is 15.4. The molecule has 0 bridgehead atoms. The summed E-state index contributed by atoms with van der Waals surface area (Å²) in [5, 5.41) is 5.28. The van der Waals surface area contributed by atoms with Crippen molar-refractivity contribution in [3.05, 3.63) is 162 Å². The minimum atomic E-state index is -0.00827. The van der Waals surface area contributed by atoms with Gasteiger partial charge in [0.25, 0.3) is 0 Å². The molecule has 0 spiro atoms. The lowest BCUT2D eigenvalue weighted by atomic mass is 9.80. The van der Waals surface area contributed by atoms with E-state index in [-0.39, 0.29) is 10.8 Å². The van der Waals surface area contributed by atoms with Crippen LogP contribution in [0, 0.1) is 0 Å². The van der Waals surface area contributed by atoms with Gasteiger partial charge in [0.05, 0.1) is 5.69 Å². The molecule has 266 valence electrons. The summed E-state index contributed by atoms with van der Waals surface area (Å²) in [6.07, 6.45) is 6.56. The van der Waals surface area contributed by atoms with Crippen molar-refractivity contribution in [1.29, 1.82) is 0 Å². The van der Waals surface area contributed by atoms with Crippen molar-refractivity contribution in [2.24, 2.45) is 0 Å². The van der Waals surface area contributed by atoms with Crippen LogP contribution in [-0.2, 0) is 10.8 Å². The quantitative estimate of drug-likeness (QED) is 0.168. The molecule has 7 aromatic rings. The zero-order valence-electron chi connectivity index (χ0n) is 32.4. The van der Waals surface area contributed by atoms with Crippen LogP contribution in [0.5, 0.6) is 0 Å². The van der Waals surface area contributed by atoms with Gasteiger partial charge >= 0.3 is 0 Å². The highest BCUT2D eigenvalue weighted by Crippen LogP contribution is 2.47. The van der Waals surface area contributed by atoms with Crippen molar-refractivity contribution in [2.45, 2.75) is 90.4 Å². The van der Waals surface area contributed by atoms with Gasteiger partial charge < -0.3 is 4.90 Å². The number of benzene rings is 7. The van der Waals surface area contributed by atoms with E-state index < -0.39 is 0 Å². The van der Waals surface area contributed by atoms with Gasteiger partial charge in [-0.3, -0.25) is 0 Å². The second-order valence-corrected chi connectivity index (χ2v) is 17.3. The third kappa shape index (κ3) is 7.03. The molecule has 7 aromatic carbocycles. The SMILES string of the molecule is CC(C)(C)c1cc(N(c2ccc(-c3ccc4ccccc4c3)cc2)c2ccccc2-c2cccc3cccc(C4CCCCC4)c23)cc(C(C)(C)C)c1. The van der Waals surface area contributed by atoms with Gasteiger partial charge in [0.15, 0.2) is 0 Å². The van der Waals surface area contributed by atoms with Gasteiger partial charge in [-0.05, 0) is 121 Å². The lowest BCUT2D eigenvalue weighted by molar-refractivity contribution is 0.445. The summed E-state index contributed by atoms with van der Waals surface area (Å²) in [6.45, 7) is 14.0. The number of anilines is 3. The Balaban J connectivity index is 1.34. The van der Waals surface area contributed by atoms with Crippen LogP contribution in [0.2, 0.25) is 0 Å². The first-order valence-electron chi connectivity index (χ1n) is 19.7. The first-order valence-corrected chi connectivity index (χ1v) is 19.7. The van der Waals surface area contributed by atoms with Crippen molar-refractivity contribution in [2.75, 3.05) is 4.90 Å². The van der Waals surface area contributed by atoms with Gasteiger partial charge in [-0.25, -0.2) is 0 Å². The Morgan fingerprint density at radius 2 is 1.04 bits per heavy atom. The number of para-hydroxylation sites is 1. The maximum atomic E-state index is 2.52. The summed E-state index contributed by atoms with van der Waals surface area (Å²) < 4.78 is 0. The van der Waals surface area contributed by atoms with Gasteiger partial charge in [-0.2, -0.15) is 0 Å². The van der Waals surface area contributed by atoms with E-state index >= 15 is 0 Å². The van der Waals surface area contributed by atoms with Crippen LogP contribution in [0.1, 0.15) is 96.3 Å². The zero-order valence-corrected chi connectivity index (χ0v) is 32.4. The Hall–Kier alpha value is -5.14. The van der Waals surface area contributed by atoms with E-state index in [0.29, 0.717) is 5.92 Å². The lowest BCUT2D eigenvalue weighted by Gasteiger charge is -2.32. The van der Waals surface area contributed by atoms with Crippen molar-refractivity contribution < 1.29 is 0 Å². The van der Waals surface area contributed by atoms with Crippen LogP contribution >= 0.6 is 0 Å². The first-order chi connectivity index (χ1) is 25.5. The lowest BCUT2D eigenvalue weighted by Crippen LogP contribution is -2.19. The van der Waals surface area contributed by atoms with Crippen LogP contribution in [-0.4, -0.2) is 0 Å². The number of hydrogen-bond acceptors (Lipinski definition) is 1. The number of hydrogen-bond donors (Lipinski definition) is 0. The highest BCUT2D eigenvalue weighted by molar-refractivity contribution is 6.03. The average molecular weight is 692 g/mol. The maximum absolute atomic E-state index is 2.52. The molecule has 1 nitrogen and oxygen atoms in total. The third-order valence-electron chi connectivity index (χ3n) is 11.5. The monoisotopic (exact) mass is 691 g/mol. The fourth-order valence-corrected chi connectivity index (χ4v) is 8.45. The standard InChI is InChI=1S/C52H53N/c1-51(2,3)42-33-43(52(4,5)6)35-45(34-42)53(44-30-28-37(29-31-44)41-27-26-36-16-10-11-19-40(36)32-41)49-25-13-12-22-47(49)48-24-15-21-39-20-14-23-46(50(39)48)38-17-8-7-9-18-38/h10-16,19-35,38H,7-9,17-18H2,1-6H3. The van der Waals surface area contributed by atoms with Gasteiger partial charge in [0.1, 0.15) is 0 Å². The second-order valence-electron chi connectivity index (χ2n) is 17.3. The molecule has 1 aliphatic carbocycles. The molecule has 1 heteroatoms. The summed E-state index contributed by atoms with van der Waals surface area (Å²) in [6, 6.07) is 54.9. The van der Waals surface area contributed by atoms with E-state index in [9.17, 15) is 0 Å². The Morgan fingerprint density at radius 1 is 0.453 bits per heavy atom. The highest BCUT2D eigenvalue weighted by atomic mass is 15.1. The summed E-state index contributed by atoms with van der Waals surface area (Å²) >= 11 is 0. The maximum Gasteiger partial charge on any atom is 0.0540 e. The van der Waals surface area contributed by atoms with Crippen molar-refractivity contribution >= 4 is 38.6 Å². The Kier molecular flexibility index (Phi) is 9.23. The summed E-state index contributed by atoms with van der Waals surface area (Å²) in [5.41, 5.74) is 12.8. The van der Waals surface area contributed by atoms with E-state index in [4.69, 9.17) is 0 Å². The molecule has 53 heavy (non-hydrogen) atoms. The van der Waals surface area contributed by atoms with Gasteiger partial charge in [0, 0.05) is 16.9 Å². The minimum absolute atomic E-state index is 0.00827. The van der Waals surface area contributed by atoms with Gasteiger partial charge in [-0.15, -0.1) is 0 Å². The fraction of sp³-hybridized carbons (Fsp3) is 0.269. The minimum Gasteiger partial charge on any atom is -0.310 e. The Morgan fingerprint density at radius 3 is 1.74 bits per heavy atom. The molecule has 1 saturated carbocycles. The molecule has 0 unspecified atom stereocenters. The van der Waals surface area contributed by atoms with E-state index in [2.05, 4.69) is 192 Å². The van der Waals surface area contributed by atoms with Crippen LogP contribution in [0.25, 0.3) is 43.8 Å². The molecule has 0 heterocycles. The molecule has 0 amide bonds. The van der Waals surface area contributed by atoms with Crippen LogP contribution in [0.3, 0.4) is 0 Å². The van der Waals surface area contributed by atoms with Crippen molar-refractivity contribution in [3.8, 4) is 22.3 Å². The number of nitrogens with zero attached hydrogens (tertiary/aromatic N) is 1. The highest BCUT2D eigenvalue weighted by Gasteiger charge is 2.26. The molecule has 0 aliphatic heterocycles. The molecule has 0 radical (unpaired) electrons. The molecule has 1 aliphatic rings. The summed E-state index contributed by atoms with van der Waals surface area (Å²) in [5.74, 6) is 0.609. The number of fused-ring (bicyclic) bond motifs is 2. The average Bonchev–Trinajstić information content (AvgIpc) is 3.17. The second kappa shape index (κ2) is 14.0. The van der Waals surface area contributed by atoms with Gasteiger partial charge in [-0.1, -0.05) is 170 Å². The topological polar surface area (TPSA) is 3.24 Å². The first kappa shape index (κ1) is 34.9. The molecular weight excluding hydrogens is 639 g/mol. The number of rotatable bonds is 6. The van der Waals surface area contributed by atoms with Crippen molar-refractivity contribution in [1.82, 2.24) is 0 Å². The fourth-order valence-electron chi connectivity index (χ4n) is 8.45. The molecular formula is C52H53N. The molecule has 0 saturated heterocycles. The molecule has 0 N–H and O–H groups in total. The third-order valence-corrected chi connectivity index (χ3v) is 11.5. The van der Waals surface area contributed by atoms with Crippen LogP contribution in [0.4, 0.5) is 17.1 Å². The molecule has 1 fully saturated rings. The normalized spacial score (nSPS) is 14.2. The molecule has 0 aromatic heterocycles. The van der Waals surface area contributed by atoms with E-state index in [1.54, 1.807) is 0 Å². The summed E-state index contributed by atoms with van der Waals surface area (Å²) in [7, 11) is 0. The largest absolute Gasteiger partial charge is 0.310 e. The Bertz CT molecular complexity index is 2360.